The first-order valence-corrected chi connectivity index (χ1v) is 6.09. The fraction of sp³-hybridized carbons (Fsp3) is 0.0714. The average Bonchev–Trinajstić information content (AvgIpc) is 2.78. The van der Waals surface area contributed by atoms with Crippen molar-refractivity contribution in [3.63, 3.8) is 0 Å². The Labute approximate surface area is 113 Å². The summed E-state index contributed by atoms with van der Waals surface area (Å²) in [5.74, 6) is 0.0626. The molecule has 0 aliphatic heterocycles. The number of aromatic amines is 2. The number of carbonyl (C=O) groups is 1. The normalized spacial score (nSPS) is 10.7. The van der Waals surface area contributed by atoms with Gasteiger partial charge in [-0.1, -0.05) is 24.3 Å². The van der Waals surface area contributed by atoms with Crippen LogP contribution >= 0.6 is 0 Å². The smallest absolute Gasteiger partial charge is 0.275 e. The molecular formula is C14H12N4O2. The van der Waals surface area contributed by atoms with E-state index in [1.165, 1.54) is 6.92 Å². The van der Waals surface area contributed by atoms with E-state index < -0.39 is 0 Å². The van der Waals surface area contributed by atoms with Crippen molar-refractivity contribution in [2.45, 2.75) is 6.92 Å². The summed E-state index contributed by atoms with van der Waals surface area (Å²) in [6.45, 7) is 1.38. The van der Waals surface area contributed by atoms with Crippen LogP contribution in [-0.4, -0.2) is 21.1 Å². The Hall–Kier alpha value is -2.89. The van der Waals surface area contributed by atoms with Crippen LogP contribution in [0.15, 0.2) is 41.2 Å². The first kappa shape index (κ1) is 12.2. The summed E-state index contributed by atoms with van der Waals surface area (Å²) < 4.78 is 0. The lowest BCUT2D eigenvalue weighted by atomic mass is 10.1. The second-order valence-electron chi connectivity index (χ2n) is 4.40. The van der Waals surface area contributed by atoms with Crippen LogP contribution < -0.4 is 10.9 Å². The van der Waals surface area contributed by atoms with Gasteiger partial charge >= 0.3 is 0 Å². The monoisotopic (exact) mass is 268 g/mol. The molecule has 6 heteroatoms. The van der Waals surface area contributed by atoms with Crippen LogP contribution in [0.25, 0.3) is 22.2 Å². The Morgan fingerprint density at radius 1 is 1.15 bits per heavy atom. The number of hydrogen-bond acceptors (Lipinski definition) is 3. The third kappa shape index (κ3) is 2.07. The molecular weight excluding hydrogens is 256 g/mol. The van der Waals surface area contributed by atoms with E-state index in [0.29, 0.717) is 17.1 Å². The summed E-state index contributed by atoms with van der Waals surface area (Å²) in [5, 5.41) is 8.66. The Balaban J connectivity index is 2.17. The van der Waals surface area contributed by atoms with E-state index in [4.69, 9.17) is 0 Å². The molecule has 0 saturated carbocycles. The number of amides is 1. The second-order valence-corrected chi connectivity index (χ2v) is 4.40. The minimum absolute atomic E-state index is 0.262. The number of rotatable bonds is 2. The Bertz CT molecular complexity index is 848. The number of fused-ring (bicyclic) bond motifs is 1. The van der Waals surface area contributed by atoms with E-state index in [1.54, 1.807) is 6.07 Å². The van der Waals surface area contributed by atoms with E-state index >= 15 is 0 Å². The molecule has 0 radical (unpaired) electrons. The molecule has 0 saturated heterocycles. The van der Waals surface area contributed by atoms with Gasteiger partial charge in [-0.3, -0.25) is 19.8 Å². The number of nitrogens with one attached hydrogen (secondary N) is 3. The predicted molar refractivity (Wildman–Crippen MR) is 76.5 cm³/mol. The van der Waals surface area contributed by atoms with E-state index in [9.17, 15) is 9.59 Å². The zero-order valence-electron chi connectivity index (χ0n) is 10.7. The number of pyridine rings is 1. The molecule has 3 aromatic rings. The summed E-state index contributed by atoms with van der Waals surface area (Å²) in [5.41, 5.74) is 1.30. The van der Waals surface area contributed by atoms with Crippen molar-refractivity contribution in [1.29, 1.82) is 0 Å². The summed E-state index contributed by atoms with van der Waals surface area (Å²) >= 11 is 0. The van der Waals surface area contributed by atoms with Gasteiger partial charge in [0.2, 0.25) is 5.91 Å². The van der Waals surface area contributed by atoms with E-state index in [-0.39, 0.29) is 11.5 Å². The van der Waals surface area contributed by atoms with Gasteiger partial charge < -0.3 is 5.32 Å². The molecule has 0 bridgehead atoms. The number of hydrogen-bond donors (Lipinski definition) is 3. The van der Waals surface area contributed by atoms with Gasteiger partial charge in [0.25, 0.3) is 5.56 Å². The molecule has 20 heavy (non-hydrogen) atoms. The first-order valence-electron chi connectivity index (χ1n) is 6.09. The molecule has 1 amide bonds. The largest absolute Gasteiger partial charge is 0.311 e. The Kier molecular flexibility index (Phi) is 2.83. The highest BCUT2D eigenvalue weighted by molar-refractivity contribution is 5.92. The Morgan fingerprint density at radius 2 is 1.95 bits per heavy atom. The number of benzene rings is 1. The molecule has 100 valence electrons. The van der Waals surface area contributed by atoms with Gasteiger partial charge in [-0.05, 0) is 12.1 Å². The molecule has 3 rings (SSSR count). The highest BCUT2D eigenvalue weighted by atomic mass is 16.1. The Morgan fingerprint density at radius 3 is 2.75 bits per heavy atom. The molecule has 0 aliphatic carbocycles. The molecule has 1 aromatic carbocycles. The van der Waals surface area contributed by atoms with Crippen molar-refractivity contribution in [2.75, 3.05) is 5.32 Å². The lowest BCUT2D eigenvalue weighted by Crippen LogP contribution is -2.09. The fourth-order valence-corrected chi connectivity index (χ4v) is 2.08. The summed E-state index contributed by atoms with van der Waals surface area (Å²) in [4.78, 5) is 27.5. The number of H-pyrrole nitrogens is 2. The molecule has 2 heterocycles. The maximum Gasteiger partial charge on any atom is 0.275 e. The van der Waals surface area contributed by atoms with Crippen molar-refractivity contribution in [2.24, 2.45) is 0 Å². The lowest BCUT2D eigenvalue weighted by molar-refractivity contribution is -0.114. The summed E-state index contributed by atoms with van der Waals surface area (Å²) in [6.07, 6.45) is 0. The zero-order chi connectivity index (χ0) is 14.1. The van der Waals surface area contributed by atoms with Gasteiger partial charge in [-0.15, -0.1) is 0 Å². The van der Waals surface area contributed by atoms with Crippen LogP contribution in [0.3, 0.4) is 0 Å². The summed E-state index contributed by atoms with van der Waals surface area (Å²) in [7, 11) is 0. The standard InChI is InChI=1S/C14H12N4O2/c1-8(19)15-13-12(14(20)18-17-13)11-7-6-9-4-2-3-5-10(9)16-11/h2-7H,1H3,(H3,15,17,18,19,20). The van der Waals surface area contributed by atoms with Gasteiger partial charge in [-0.25, -0.2) is 4.98 Å². The predicted octanol–water partition coefficient (Wildman–Crippen LogP) is 1.88. The molecule has 3 N–H and O–H groups in total. The molecule has 2 aromatic heterocycles. The van der Waals surface area contributed by atoms with Crippen LogP contribution in [0.4, 0.5) is 5.82 Å². The summed E-state index contributed by atoms with van der Waals surface area (Å²) in [6, 6.07) is 11.3. The zero-order valence-corrected chi connectivity index (χ0v) is 10.7. The van der Waals surface area contributed by atoms with Gasteiger partial charge in [0, 0.05) is 12.3 Å². The number of para-hydroxylation sites is 1. The maximum atomic E-state index is 11.9. The minimum atomic E-state index is -0.323. The van der Waals surface area contributed by atoms with Crippen LogP contribution in [0.2, 0.25) is 0 Å². The van der Waals surface area contributed by atoms with Crippen LogP contribution in [0.1, 0.15) is 6.92 Å². The van der Waals surface area contributed by atoms with Crippen LogP contribution in [-0.2, 0) is 4.79 Å². The molecule has 0 fully saturated rings. The van der Waals surface area contributed by atoms with Crippen LogP contribution in [0.5, 0.6) is 0 Å². The highest BCUT2D eigenvalue weighted by Gasteiger charge is 2.14. The third-order valence-corrected chi connectivity index (χ3v) is 2.93. The first-order chi connectivity index (χ1) is 9.65. The van der Waals surface area contributed by atoms with Crippen molar-refractivity contribution < 1.29 is 4.79 Å². The van der Waals surface area contributed by atoms with E-state index in [1.807, 2.05) is 30.3 Å². The lowest BCUT2D eigenvalue weighted by Gasteiger charge is -2.03. The van der Waals surface area contributed by atoms with Gasteiger partial charge in [-0.2, -0.15) is 0 Å². The van der Waals surface area contributed by atoms with Gasteiger partial charge in [0.1, 0.15) is 11.4 Å². The fourth-order valence-electron chi connectivity index (χ4n) is 2.08. The van der Waals surface area contributed by atoms with E-state index in [2.05, 4.69) is 20.5 Å². The third-order valence-electron chi connectivity index (χ3n) is 2.93. The van der Waals surface area contributed by atoms with Gasteiger partial charge in [0.15, 0.2) is 0 Å². The molecule has 0 atom stereocenters. The SMILES string of the molecule is CC(=O)Nc1[nH][nH]c(=O)c1-c1ccc2ccccc2n1. The highest BCUT2D eigenvalue weighted by Crippen LogP contribution is 2.23. The average molecular weight is 268 g/mol. The van der Waals surface area contributed by atoms with Crippen molar-refractivity contribution in [1.82, 2.24) is 15.2 Å². The quantitative estimate of drug-likeness (QED) is 0.662. The number of nitrogens with zero attached hydrogens (tertiary/aromatic N) is 1. The van der Waals surface area contributed by atoms with Crippen molar-refractivity contribution >= 4 is 22.6 Å². The van der Waals surface area contributed by atoms with Crippen molar-refractivity contribution in [3.05, 3.63) is 46.8 Å². The molecule has 0 spiro atoms. The van der Waals surface area contributed by atoms with Gasteiger partial charge in [0.05, 0.1) is 11.2 Å². The molecule has 6 nitrogen and oxygen atoms in total. The molecule has 0 aliphatic rings. The molecule has 0 unspecified atom stereocenters. The maximum absolute atomic E-state index is 11.9. The second kappa shape index (κ2) is 4.65. The number of carbonyl (C=O) groups excluding carboxylic acids is 1. The number of aromatic nitrogens is 3. The number of anilines is 1. The van der Waals surface area contributed by atoms with Crippen LogP contribution in [0, 0.1) is 0 Å². The van der Waals surface area contributed by atoms with Crippen molar-refractivity contribution in [3.8, 4) is 11.3 Å². The topological polar surface area (TPSA) is 90.6 Å². The minimum Gasteiger partial charge on any atom is -0.311 e. The van der Waals surface area contributed by atoms with E-state index in [0.717, 1.165) is 10.9 Å².